The van der Waals surface area contributed by atoms with E-state index in [1.807, 2.05) is 26.0 Å². The molecule has 0 aliphatic rings. The maximum Gasteiger partial charge on any atom is 0.0853 e. The van der Waals surface area contributed by atoms with E-state index in [9.17, 15) is 5.11 Å². The van der Waals surface area contributed by atoms with Crippen molar-refractivity contribution in [2.45, 2.75) is 20.0 Å². The summed E-state index contributed by atoms with van der Waals surface area (Å²) >= 11 is 9.21. The van der Waals surface area contributed by atoms with Crippen LogP contribution < -0.4 is 5.73 Å². The molecule has 0 saturated carbocycles. The molecule has 1 rings (SSSR count). The van der Waals surface area contributed by atoms with Crippen molar-refractivity contribution in [3.05, 3.63) is 33.3 Å². The van der Waals surface area contributed by atoms with E-state index in [-0.39, 0.29) is 5.41 Å². The van der Waals surface area contributed by atoms with Crippen LogP contribution in [0.4, 0.5) is 0 Å². The molecule has 0 fully saturated rings. The molecule has 84 valence electrons. The number of hydrogen-bond acceptors (Lipinski definition) is 2. The maximum absolute atomic E-state index is 10.1. The van der Waals surface area contributed by atoms with Crippen LogP contribution in [0.1, 0.15) is 25.5 Å². The van der Waals surface area contributed by atoms with Crippen LogP contribution in [-0.2, 0) is 0 Å². The lowest BCUT2D eigenvalue weighted by Gasteiger charge is -2.29. The number of aliphatic hydroxyl groups excluding tert-OH is 1. The van der Waals surface area contributed by atoms with Crippen molar-refractivity contribution < 1.29 is 5.11 Å². The number of rotatable bonds is 3. The van der Waals surface area contributed by atoms with Crippen molar-refractivity contribution in [3.63, 3.8) is 0 Å². The fraction of sp³-hybridized carbons (Fsp3) is 0.455. The van der Waals surface area contributed by atoms with Gasteiger partial charge in [0, 0.05) is 16.4 Å². The van der Waals surface area contributed by atoms with Gasteiger partial charge >= 0.3 is 0 Å². The summed E-state index contributed by atoms with van der Waals surface area (Å²) in [6, 6.07) is 5.40. The Bertz CT molecular complexity index is 354. The fourth-order valence-electron chi connectivity index (χ4n) is 1.25. The van der Waals surface area contributed by atoms with Gasteiger partial charge in [-0.05, 0) is 33.6 Å². The summed E-state index contributed by atoms with van der Waals surface area (Å²) < 4.78 is 0.786. The Balaban J connectivity index is 3.02. The standard InChI is InChI=1S/C11H15BrClNO/c1-11(2,6-14)10(15)7-3-4-9(13)8(12)5-7/h3-5,10,15H,6,14H2,1-2H3. The van der Waals surface area contributed by atoms with Gasteiger partial charge in [-0.2, -0.15) is 0 Å². The topological polar surface area (TPSA) is 46.2 Å². The molecule has 0 aromatic heterocycles. The van der Waals surface area contributed by atoms with Gasteiger partial charge in [-0.25, -0.2) is 0 Å². The Kier molecular flexibility index (Phi) is 4.18. The molecule has 4 heteroatoms. The van der Waals surface area contributed by atoms with Gasteiger partial charge in [0.15, 0.2) is 0 Å². The molecule has 1 aromatic rings. The predicted octanol–water partition coefficient (Wildman–Crippen LogP) is 3.12. The minimum Gasteiger partial charge on any atom is -0.388 e. The average Bonchev–Trinajstić information content (AvgIpc) is 2.21. The predicted molar refractivity (Wildman–Crippen MR) is 66.9 cm³/mol. The quantitative estimate of drug-likeness (QED) is 0.899. The molecular weight excluding hydrogens is 277 g/mol. The third kappa shape index (κ3) is 2.94. The second-order valence-corrected chi connectivity index (χ2v) is 5.53. The first-order chi connectivity index (χ1) is 6.88. The molecule has 0 spiro atoms. The van der Waals surface area contributed by atoms with E-state index < -0.39 is 6.10 Å². The third-order valence-corrected chi connectivity index (χ3v) is 3.74. The summed E-state index contributed by atoms with van der Waals surface area (Å²) in [5, 5.41) is 10.8. The second kappa shape index (κ2) is 4.83. The minimum absolute atomic E-state index is 0.340. The first kappa shape index (κ1) is 13.0. The van der Waals surface area contributed by atoms with Crippen molar-refractivity contribution in [1.29, 1.82) is 0 Å². The second-order valence-electron chi connectivity index (χ2n) is 4.27. The Morgan fingerprint density at radius 3 is 2.60 bits per heavy atom. The summed E-state index contributed by atoms with van der Waals surface area (Å²) in [7, 11) is 0. The summed E-state index contributed by atoms with van der Waals surface area (Å²) in [4.78, 5) is 0. The van der Waals surface area contributed by atoms with E-state index in [0.29, 0.717) is 11.6 Å². The normalized spacial score (nSPS) is 14.0. The van der Waals surface area contributed by atoms with E-state index in [1.54, 1.807) is 6.07 Å². The Morgan fingerprint density at radius 1 is 1.53 bits per heavy atom. The van der Waals surface area contributed by atoms with Crippen LogP contribution in [0.15, 0.2) is 22.7 Å². The number of benzene rings is 1. The van der Waals surface area contributed by atoms with Gasteiger partial charge in [-0.3, -0.25) is 0 Å². The van der Waals surface area contributed by atoms with Crippen molar-refractivity contribution in [2.24, 2.45) is 11.1 Å². The average molecular weight is 293 g/mol. The first-order valence-corrected chi connectivity index (χ1v) is 5.88. The van der Waals surface area contributed by atoms with Crippen molar-refractivity contribution >= 4 is 27.5 Å². The lowest BCUT2D eigenvalue weighted by molar-refractivity contribution is 0.0555. The van der Waals surface area contributed by atoms with Gasteiger partial charge in [0.1, 0.15) is 0 Å². The van der Waals surface area contributed by atoms with Gasteiger partial charge in [-0.1, -0.05) is 31.5 Å². The van der Waals surface area contributed by atoms with Crippen molar-refractivity contribution in [1.82, 2.24) is 0 Å². The van der Waals surface area contributed by atoms with E-state index in [0.717, 1.165) is 10.0 Å². The van der Waals surface area contributed by atoms with Crippen LogP contribution in [0.5, 0.6) is 0 Å². The van der Waals surface area contributed by atoms with E-state index in [2.05, 4.69) is 15.9 Å². The Hall–Kier alpha value is -0.0900. The zero-order valence-electron chi connectivity index (χ0n) is 8.80. The molecular formula is C11H15BrClNO. The minimum atomic E-state index is -0.587. The van der Waals surface area contributed by atoms with E-state index >= 15 is 0 Å². The van der Waals surface area contributed by atoms with Crippen LogP contribution >= 0.6 is 27.5 Å². The lowest BCUT2D eigenvalue weighted by Crippen LogP contribution is -2.30. The summed E-state index contributed by atoms with van der Waals surface area (Å²) in [6.45, 7) is 4.29. The smallest absolute Gasteiger partial charge is 0.0853 e. The summed E-state index contributed by atoms with van der Waals surface area (Å²) in [5.74, 6) is 0. The van der Waals surface area contributed by atoms with Gasteiger partial charge < -0.3 is 10.8 Å². The maximum atomic E-state index is 10.1. The van der Waals surface area contributed by atoms with Crippen molar-refractivity contribution in [3.8, 4) is 0 Å². The molecule has 1 atom stereocenters. The molecule has 0 aliphatic carbocycles. The van der Waals surface area contributed by atoms with E-state index in [4.69, 9.17) is 17.3 Å². The molecule has 1 aromatic carbocycles. The highest BCUT2D eigenvalue weighted by atomic mass is 79.9. The van der Waals surface area contributed by atoms with Crippen LogP contribution in [0.2, 0.25) is 5.02 Å². The van der Waals surface area contributed by atoms with Gasteiger partial charge in [-0.15, -0.1) is 0 Å². The van der Waals surface area contributed by atoms with Crippen molar-refractivity contribution in [2.75, 3.05) is 6.54 Å². The molecule has 0 saturated heterocycles. The SMILES string of the molecule is CC(C)(CN)C(O)c1ccc(Cl)c(Br)c1. The molecule has 0 aliphatic heterocycles. The van der Waals surface area contributed by atoms with E-state index in [1.165, 1.54) is 0 Å². The molecule has 0 radical (unpaired) electrons. The van der Waals surface area contributed by atoms with Crippen LogP contribution in [0.25, 0.3) is 0 Å². The molecule has 0 heterocycles. The monoisotopic (exact) mass is 291 g/mol. The molecule has 1 unspecified atom stereocenters. The number of halogens is 2. The fourth-order valence-corrected chi connectivity index (χ4v) is 1.76. The number of aliphatic hydroxyl groups is 1. The molecule has 2 nitrogen and oxygen atoms in total. The van der Waals surface area contributed by atoms with Crippen LogP contribution in [-0.4, -0.2) is 11.7 Å². The molecule has 0 amide bonds. The van der Waals surface area contributed by atoms with Gasteiger partial charge in [0.25, 0.3) is 0 Å². The number of nitrogens with two attached hydrogens (primary N) is 1. The molecule has 0 bridgehead atoms. The third-order valence-electron chi connectivity index (χ3n) is 2.53. The highest BCUT2D eigenvalue weighted by molar-refractivity contribution is 9.10. The zero-order valence-corrected chi connectivity index (χ0v) is 11.1. The Labute approximate surface area is 104 Å². The number of hydrogen-bond donors (Lipinski definition) is 2. The molecule has 15 heavy (non-hydrogen) atoms. The van der Waals surface area contributed by atoms with Crippen LogP contribution in [0, 0.1) is 5.41 Å². The van der Waals surface area contributed by atoms with Crippen LogP contribution in [0.3, 0.4) is 0 Å². The Morgan fingerprint density at radius 2 is 2.13 bits per heavy atom. The molecule has 3 N–H and O–H groups in total. The first-order valence-electron chi connectivity index (χ1n) is 4.71. The highest BCUT2D eigenvalue weighted by Crippen LogP contribution is 2.34. The highest BCUT2D eigenvalue weighted by Gasteiger charge is 2.27. The van der Waals surface area contributed by atoms with Gasteiger partial charge in [0.05, 0.1) is 11.1 Å². The summed E-state index contributed by atoms with van der Waals surface area (Å²) in [5.41, 5.74) is 6.10. The zero-order chi connectivity index (χ0) is 11.6. The summed E-state index contributed by atoms with van der Waals surface area (Å²) in [6.07, 6.45) is -0.587. The largest absolute Gasteiger partial charge is 0.388 e. The van der Waals surface area contributed by atoms with Gasteiger partial charge in [0.2, 0.25) is 0 Å². The lowest BCUT2D eigenvalue weighted by atomic mass is 9.83.